The third-order valence-electron chi connectivity index (χ3n) is 9.67. The maximum absolute atomic E-state index is 13.3. The number of amides is 1. The molecule has 1 aromatic heterocycles. The lowest BCUT2D eigenvalue weighted by Crippen LogP contribution is -2.37. The zero-order chi connectivity index (χ0) is 30.0. The van der Waals surface area contributed by atoms with Crippen LogP contribution >= 0.6 is 11.3 Å². The molecule has 0 spiro atoms. The summed E-state index contributed by atoms with van der Waals surface area (Å²) in [7, 11) is 0. The fraction of sp³-hybridized carbons (Fsp3) is 0.342. The van der Waals surface area contributed by atoms with Crippen LogP contribution in [-0.4, -0.2) is 29.5 Å². The van der Waals surface area contributed by atoms with Gasteiger partial charge in [-0.25, -0.2) is 0 Å². The highest BCUT2D eigenvalue weighted by atomic mass is 32.1. The molecule has 1 saturated carbocycles. The Labute approximate surface area is 263 Å². The van der Waals surface area contributed by atoms with Gasteiger partial charge in [-0.1, -0.05) is 60.7 Å². The smallest absolute Gasteiger partial charge is 0.224 e. The van der Waals surface area contributed by atoms with Crippen LogP contribution in [0, 0.1) is 18.8 Å². The van der Waals surface area contributed by atoms with E-state index in [0.717, 1.165) is 47.5 Å². The summed E-state index contributed by atoms with van der Waals surface area (Å²) in [4.78, 5) is 34.2. The van der Waals surface area contributed by atoms with Crippen LogP contribution in [-0.2, 0) is 35.4 Å². The Kier molecular flexibility index (Phi) is 8.28. The molecule has 0 saturated heterocycles. The normalized spacial score (nSPS) is 22.4. The topological polar surface area (TPSA) is 70.6 Å². The first-order chi connectivity index (χ1) is 21.5. The molecule has 3 aliphatic rings. The largest absolute Gasteiger partial charge is 0.326 e. The van der Waals surface area contributed by atoms with Crippen molar-refractivity contribution >= 4 is 34.4 Å². The second-order valence-electron chi connectivity index (χ2n) is 12.7. The third-order valence-corrected chi connectivity index (χ3v) is 10.7. The molecule has 0 unspecified atom stereocenters. The maximum Gasteiger partial charge on any atom is 0.224 e. The number of hydrogen-bond donors (Lipinski definition) is 2. The number of carbonyl (C=O) groups excluding carboxylic acids is 2. The lowest BCUT2D eigenvalue weighted by atomic mass is 9.93. The number of nitrogens with zero attached hydrogens (tertiary/aromatic N) is 1. The van der Waals surface area contributed by atoms with E-state index in [1.54, 1.807) is 0 Å². The second-order valence-corrected chi connectivity index (χ2v) is 14.0. The quantitative estimate of drug-likeness (QED) is 0.227. The lowest BCUT2D eigenvalue weighted by molar-refractivity contribution is -0.120. The number of ketones is 1. The van der Waals surface area contributed by atoms with E-state index in [-0.39, 0.29) is 18.1 Å². The van der Waals surface area contributed by atoms with Gasteiger partial charge in [-0.3, -0.25) is 14.6 Å². The first-order valence-corrected chi connectivity index (χ1v) is 16.8. The summed E-state index contributed by atoms with van der Waals surface area (Å²) in [6.45, 7) is 3.11. The van der Waals surface area contributed by atoms with Gasteiger partial charge in [0, 0.05) is 52.0 Å². The van der Waals surface area contributed by atoms with Crippen LogP contribution in [0.2, 0.25) is 0 Å². The van der Waals surface area contributed by atoms with Gasteiger partial charge in [0.15, 0.2) is 5.78 Å². The van der Waals surface area contributed by atoms with Crippen molar-refractivity contribution in [3.05, 3.63) is 123 Å². The summed E-state index contributed by atoms with van der Waals surface area (Å²) in [6, 6.07) is 28.9. The number of carbonyl (C=O) groups is 2. The van der Waals surface area contributed by atoms with Gasteiger partial charge >= 0.3 is 0 Å². The minimum Gasteiger partial charge on any atom is -0.326 e. The van der Waals surface area contributed by atoms with Crippen LogP contribution in [0.25, 0.3) is 0 Å². The van der Waals surface area contributed by atoms with Crippen molar-refractivity contribution in [3.8, 4) is 0 Å². The summed E-state index contributed by atoms with van der Waals surface area (Å²) in [6.07, 6.45) is 5.64. The van der Waals surface area contributed by atoms with Crippen molar-refractivity contribution in [1.82, 2.24) is 5.32 Å². The average Bonchev–Trinajstić information content (AvgIpc) is 3.53. The van der Waals surface area contributed by atoms with Crippen molar-refractivity contribution in [2.24, 2.45) is 16.8 Å². The number of Topliss-reactive ketones (excluding diaryl/α,β-unsaturated/α-hetero) is 1. The Hall–Kier alpha value is -3.87. The Morgan fingerprint density at radius 1 is 0.886 bits per heavy atom. The van der Waals surface area contributed by atoms with Gasteiger partial charge < -0.3 is 10.6 Å². The number of anilines is 1. The van der Waals surface area contributed by atoms with Gasteiger partial charge in [0.2, 0.25) is 5.91 Å². The predicted molar refractivity (Wildman–Crippen MR) is 179 cm³/mol. The minimum absolute atomic E-state index is 0.0636. The van der Waals surface area contributed by atoms with Gasteiger partial charge in [-0.15, -0.1) is 11.3 Å². The number of hydrogen-bond acceptors (Lipinski definition) is 5. The summed E-state index contributed by atoms with van der Waals surface area (Å²) in [5.41, 5.74) is 7.43. The lowest BCUT2D eigenvalue weighted by Gasteiger charge is -2.23. The molecule has 2 bridgehead atoms. The SMILES string of the molecule is Cc1ccc(CN[C@H]2[C@@H]3CC[C@H]2Cc2ccc(NC(=O)CC[C@H]4N=C(c5ccccc5)c5ccccc5CC4=O)cc2C3)s1. The molecule has 2 aliphatic carbocycles. The summed E-state index contributed by atoms with van der Waals surface area (Å²) < 4.78 is 0. The molecule has 4 atom stereocenters. The number of fused-ring (bicyclic) bond motifs is 4. The molecule has 1 amide bonds. The van der Waals surface area contributed by atoms with Gasteiger partial charge in [0.25, 0.3) is 0 Å². The van der Waals surface area contributed by atoms with Crippen LogP contribution in [0.5, 0.6) is 0 Å². The molecule has 7 rings (SSSR count). The van der Waals surface area contributed by atoms with E-state index < -0.39 is 6.04 Å². The summed E-state index contributed by atoms with van der Waals surface area (Å²) in [5.74, 6) is 1.27. The van der Waals surface area contributed by atoms with E-state index in [0.29, 0.717) is 30.7 Å². The van der Waals surface area contributed by atoms with Crippen LogP contribution in [0.4, 0.5) is 5.69 Å². The van der Waals surface area contributed by atoms with Crippen LogP contribution in [0.15, 0.2) is 89.9 Å². The Bertz CT molecular complexity index is 1710. The fourth-order valence-electron chi connectivity index (χ4n) is 7.47. The Morgan fingerprint density at radius 3 is 2.45 bits per heavy atom. The van der Waals surface area contributed by atoms with Crippen molar-refractivity contribution in [3.63, 3.8) is 0 Å². The van der Waals surface area contributed by atoms with Crippen LogP contribution < -0.4 is 10.6 Å². The summed E-state index contributed by atoms with van der Waals surface area (Å²) in [5, 5.41) is 7.05. The first kappa shape index (κ1) is 28.9. The molecule has 3 aromatic carbocycles. The van der Waals surface area contributed by atoms with E-state index in [1.807, 2.05) is 72.0 Å². The van der Waals surface area contributed by atoms with E-state index >= 15 is 0 Å². The monoisotopic (exact) mass is 601 g/mol. The molecule has 2 N–H and O–H groups in total. The molecule has 44 heavy (non-hydrogen) atoms. The van der Waals surface area contributed by atoms with E-state index in [4.69, 9.17) is 4.99 Å². The zero-order valence-corrected chi connectivity index (χ0v) is 26.0. The zero-order valence-electron chi connectivity index (χ0n) is 25.2. The molecule has 1 fully saturated rings. The Morgan fingerprint density at radius 2 is 1.66 bits per heavy atom. The average molecular weight is 602 g/mol. The van der Waals surface area contributed by atoms with Crippen LogP contribution in [0.3, 0.4) is 0 Å². The number of nitrogens with one attached hydrogen (secondary N) is 2. The molecule has 5 nitrogen and oxygen atoms in total. The van der Waals surface area contributed by atoms with E-state index in [9.17, 15) is 9.59 Å². The van der Waals surface area contributed by atoms with Gasteiger partial charge in [-0.05, 0) is 91.8 Å². The molecule has 224 valence electrons. The molecule has 0 radical (unpaired) electrons. The molecule has 6 heteroatoms. The van der Waals surface area contributed by atoms with E-state index in [2.05, 4.69) is 41.8 Å². The van der Waals surface area contributed by atoms with Crippen molar-refractivity contribution in [2.75, 3.05) is 5.32 Å². The van der Waals surface area contributed by atoms with Gasteiger partial charge in [-0.2, -0.15) is 0 Å². The molecule has 1 aliphatic heterocycles. The highest BCUT2D eigenvalue weighted by molar-refractivity contribution is 7.11. The number of aryl methyl sites for hydroxylation is 1. The minimum atomic E-state index is -0.548. The highest BCUT2D eigenvalue weighted by Gasteiger charge is 2.38. The highest BCUT2D eigenvalue weighted by Crippen LogP contribution is 2.41. The molecule has 2 heterocycles. The van der Waals surface area contributed by atoms with Gasteiger partial charge in [0.1, 0.15) is 6.04 Å². The van der Waals surface area contributed by atoms with Crippen molar-refractivity contribution in [2.45, 2.75) is 70.5 Å². The van der Waals surface area contributed by atoms with Gasteiger partial charge in [0.05, 0.1) is 5.71 Å². The molecular formula is C38H39N3O2S. The number of aliphatic imine (C=N–C) groups is 1. The third kappa shape index (κ3) is 6.19. The first-order valence-electron chi connectivity index (χ1n) is 15.9. The van der Waals surface area contributed by atoms with E-state index in [1.165, 1.54) is 33.7 Å². The number of rotatable bonds is 8. The fourth-order valence-corrected chi connectivity index (χ4v) is 8.31. The second kappa shape index (κ2) is 12.6. The number of benzene rings is 3. The maximum atomic E-state index is 13.3. The summed E-state index contributed by atoms with van der Waals surface area (Å²) >= 11 is 1.88. The standard InChI is InChI=1S/C38H39N3O2S/c1-24-11-16-32(44-24)23-39-37-28-12-13-29(37)20-30-21-31(15-14-26(30)19-28)40-36(43)18-17-34-35(42)22-27-9-5-6-10-33(27)38(41-34)25-7-3-2-4-8-25/h2-11,14-16,21,28-29,34,37,39H,12-13,17-20,22-23H2,1H3,(H,40,43)/t28-,29+,34+,37+/m0/s1. The molecular weight excluding hydrogens is 563 g/mol. The Balaban J connectivity index is 1.01. The van der Waals surface area contributed by atoms with Crippen molar-refractivity contribution in [1.29, 1.82) is 0 Å². The number of thiophene rings is 1. The van der Waals surface area contributed by atoms with Crippen molar-refractivity contribution < 1.29 is 9.59 Å². The molecule has 4 aromatic rings. The van der Waals surface area contributed by atoms with Crippen LogP contribution in [0.1, 0.15) is 63.3 Å². The predicted octanol–water partition coefficient (Wildman–Crippen LogP) is 7.09.